The molecule has 1 aromatic heterocycles. The van der Waals surface area contributed by atoms with E-state index in [-0.39, 0.29) is 17.2 Å². The molecule has 0 aliphatic carbocycles. The monoisotopic (exact) mass is 337 g/mol. The van der Waals surface area contributed by atoms with Crippen molar-refractivity contribution in [1.82, 2.24) is 10.3 Å². The van der Waals surface area contributed by atoms with Crippen molar-refractivity contribution >= 4 is 17.5 Å². The molecule has 5 heteroatoms. The minimum atomic E-state index is -0.311. The number of carbonyl (C=O) groups excluding carboxylic acids is 2. The molecule has 1 heterocycles. The third-order valence-electron chi connectivity index (χ3n) is 3.68. The molecule has 2 rings (SSSR count). The highest BCUT2D eigenvalue weighted by Crippen LogP contribution is 2.23. The Labute approximate surface area is 148 Å². The molecular formula is C20H23N3O2. The number of nitrogens with zero attached hydrogens (tertiary/aromatic N) is 1. The van der Waals surface area contributed by atoms with Crippen LogP contribution in [0.3, 0.4) is 0 Å². The van der Waals surface area contributed by atoms with Crippen LogP contribution in [0.15, 0.2) is 55.4 Å². The minimum Gasteiger partial charge on any atom is -0.349 e. The van der Waals surface area contributed by atoms with Gasteiger partial charge in [0.2, 0.25) is 0 Å². The van der Waals surface area contributed by atoms with Crippen molar-refractivity contribution in [3.63, 3.8) is 0 Å². The molecule has 0 saturated heterocycles. The van der Waals surface area contributed by atoms with Gasteiger partial charge < -0.3 is 10.6 Å². The Hall–Kier alpha value is -2.95. The van der Waals surface area contributed by atoms with Gasteiger partial charge in [0.15, 0.2) is 0 Å². The lowest BCUT2D eigenvalue weighted by molar-refractivity contribution is 0.0957. The van der Waals surface area contributed by atoms with Gasteiger partial charge in [-0.1, -0.05) is 39.0 Å². The third-order valence-corrected chi connectivity index (χ3v) is 3.68. The van der Waals surface area contributed by atoms with Crippen LogP contribution in [0.4, 0.5) is 5.69 Å². The summed E-state index contributed by atoms with van der Waals surface area (Å²) < 4.78 is 0. The van der Waals surface area contributed by atoms with Crippen LogP contribution in [-0.2, 0) is 5.41 Å². The molecule has 0 fully saturated rings. The second kappa shape index (κ2) is 7.75. The van der Waals surface area contributed by atoms with Crippen molar-refractivity contribution in [2.24, 2.45) is 0 Å². The lowest BCUT2D eigenvalue weighted by atomic mass is 9.87. The molecule has 0 aliphatic heterocycles. The number of carbonyl (C=O) groups is 2. The molecule has 2 N–H and O–H groups in total. The molecule has 0 atom stereocenters. The predicted molar refractivity (Wildman–Crippen MR) is 99.9 cm³/mol. The third kappa shape index (κ3) is 5.01. The Morgan fingerprint density at radius 3 is 2.24 bits per heavy atom. The summed E-state index contributed by atoms with van der Waals surface area (Å²) in [6.07, 6.45) is 4.44. The van der Waals surface area contributed by atoms with Crippen molar-refractivity contribution in [3.05, 3.63) is 72.1 Å². The minimum absolute atomic E-state index is 0.0551. The van der Waals surface area contributed by atoms with Gasteiger partial charge in [0.25, 0.3) is 11.8 Å². The van der Waals surface area contributed by atoms with E-state index >= 15 is 0 Å². The Morgan fingerprint density at radius 1 is 1.08 bits per heavy atom. The van der Waals surface area contributed by atoms with Gasteiger partial charge >= 0.3 is 0 Å². The van der Waals surface area contributed by atoms with Crippen molar-refractivity contribution in [2.75, 3.05) is 11.9 Å². The quantitative estimate of drug-likeness (QED) is 0.820. The van der Waals surface area contributed by atoms with Crippen LogP contribution < -0.4 is 10.6 Å². The fraction of sp³-hybridized carbons (Fsp3) is 0.250. The second-order valence-electron chi connectivity index (χ2n) is 6.74. The van der Waals surface area contributed by atoms with Gasteiger partial charge in [0.1, 0.15) is 0 Å². The lowest BCUT2D eigenvalue weighted by Gasteiger charge is -2.19. The average molecular weight is 337 g/mol. The van der Waals surface area contributed by atoms with Crippen molar-refractivity contribution in [2.45, 2.75) is 26.2 Å². The zero-order chi connectivity index (χ0) is 18.4. The smallest absolute Gasteiger partial charge is 0.257 e. The molecule has 5 nitrogen and oxygen atoms in total. The highest BCUT2D eigenvalue weighted by Gasteiger charge is 2.14. The number of nitrogens with one attached hydrogen (secondary N) is 2. The first-order chi connectivity index (χ1) is 11.8. The van der Waals surface area contributed by atoms with E-state index in [1.54, 1.807) is 6.08 Å². The first kappa shape index (κ1) is 18.4. The molecule has 130 valence electrons. The standard InChI is InChI=1S/C20H23N3O2/c1-5-10-22-18(24)14-11-15(13-21-12-14)19(25)23-17-8-6-16(7-9-17)20(2,3)4/h5-9,11-13H,1,10H2,2-4H3,(H,22,24)(H,23,25). The predicted octanol–water partition coefficient (Wildman–Crippen LogP) is 3.55. The Balaban J connectivity index is 2.10. The normalized spacial score (nSPS) is 10.8. The van der Waals surface area contributed by atoms with Crippen LogP contribution in [0.5, 0.6) is 0 Å². The second-order valence-corrected chi connectivity index (χ2v) is 6.74. The van der Waals surface area contributed by atoms with Gasteiger partial charge in [-0.15, -0.1) is 6.58 Å². The van der Waals surface area contributed by atoms with E-state index < -0.39 is 0 Å². The van der Waals surface area contributed by atoms with Gasteiger partial charge in [0, 0.05) is 24.6 Å². The van der Waals surface area contributed by atoms with Gasteiger partial charge in [-0.05, 0) is 29.2 Å². The van der Waals surface area contributed by atoms with E-state index in [9.17, 15) is 9.59 Å². The van der Waals surface area contributed by atoms with Crippen LogP contribution in [0.1, 0.15) is 47.1 Å². The highest BCUT2D eigenvalue weighted by atomic mass is 16.2. The van der Waals surface area contributed by atoms with Crippen molar-refractivity contribution in [1.29, 1.82) is 0 Å². The fourth-order valence-electron chi connectivity index (χ4n) is 2.21. The molecule has 0 spiro atoms. The van der Waals surface area contributed by atoms with E-state index in [4.69, 9.17) is 0 Å². The van der Waals surface area contributed by atoms with E-state index in [0.717, 1.165) is 0 Å². The molecule has 0 radical (unpaired) electrons. The maximum Gasteiger partial charge on any atom is 0.257 e. The number of benzene rings is 1. The number of rotatable bonds is 5. The summed E-state index contributed by atoms with van der Waals surface area (Å²) >= 11 is 0. The molecule has 1 aromatic carbocycles. The highest BCUT2D eigenvalue weighted by molar-refractivity contribution is 6.05. The molecular weight excluding hydrogens is 314 g/mol. The topological polar surface area (TPSA) is 71.1 Å². The molecule has 2 amide bonds. The zero-order valence-electron chi connectivity index (χ0n) is 14.8. The van der Waals surface area contributed by atoms with Crippen molar-refractivity contribution < 1.29 is 9.59 Å². The van der Waals surface area contributed by atoms with Crippen LogP contribution in [0.2, 0.25) is 0 Å². The summed E-state index contributed by atoms with van der Waals surface area (Å²) in [7, 11) is 0. The summed E-state index contributed by atoms with van der Waals surface area (Å²) in [5.41, 5.74) is 2.59. The number of hydrogen-bond acceptors (Lipinski definition) is 3. The first-order valence-corrected chi connectivity index (χ1v) is 8.07. The maximum absolute atomic E-state index is 12.4. The summed E-state index contributed by atoms with van der Waals surface area (Å²) in [6, 6.07) is 9.24. The Morgan fingerprint density at radius 2 is 1.68 bits per heavy atom. The molecule has 0 aliphatic rings. The Kier molecular flexibility index (Phi) is 5.70. The van der Waals surface area contributed by atoms with E-state index in [1.807, 2.05) is 24.3 Å². The number of pyridine rings is 1. The number of anilines is 1. The number of amides is 2. The molecule has 2 aromatic rings. The van der Waals surface area contributed by atoms with Crippen molar-refractivity contribution in [3.8, 4) is 0 Å². The fourth-order valence-corrected chi connectivity index (χ4v) is 2.21. The first-order valence-electron chi connectivity index (χ1n) is 8.07. The van der Waals surface area contributed by atoms with Gasteiger partial charge in [-0.2, -0.15) is 0 Å². The van der Waals surface area contributed by atoms with Gasteiger partial charge in [0.05, 0.1) is 11.1 Å². The summed E-state index contributed by atoms with van der Waals surface area (Å²) in [5.74, 6) is -0.606. The SMILES string of the molecule is C=CCNC(=O)c1cncc(C(=O)Nc2ccc(C(C)(C)C)cc2)c1. The van der Waals surface area contributed by atoms with E-state index in [1.165, 1.54) is 24.0 Å². The summed E-state index contributed by atoms with van der Waals surface area (Å²) in [6.45, 7) is 10.3. The van der Waals surface area contributed by atoms with Crippen LogP contribution in [0, 0.1) is 0 Å². The van der Waals surface area contributed by atoms with Gasteiger partial charge in [-0.3, -0.25) is 14.6 Å². The average Bonchev–Trinajstić information content (AvgIpc) is 2.59. The van der Waals surface area contributed by atoms with Gasteiger partial charge in [-0.25, -0.2) is 0 Å². The Bertz CT molecular complexity index is 774. The maximum atomic E-state index is 12.4. The van der Waals surface area contributed by atoms with E-state index in [0.29, 0.717) is 23.4 Å². The molecule has 0 bridgehead atoms. The van der Waals surface area contributed by atoms with E-state index in [2.05, 4.69) is 43.0 Å². The number of aromatic nitrogens is 1. The van der Waals surface area contributed by atoms with Crippen LogP contribution in [0.25, 0.3) is 0 Å². The molecule has 25 heavy (non-hydrogen) atoms. The van der Waals surface area contributed by atoms with Crippen LogP contribution >= 0.6 is 0 Å². The number of hydrogen-bond donors (Lipinski definition) is 2. The molecule has 0 unspecified atom stereocenters. The molecule has 0 saturated carbocycles. The largest absolute Gasteiger partial charge is 0.349 e. The summed E-state index contributed by atoms with van der Waals surface area (Å²) in [4.78, 5) is 28.3. The van der Waals surface area contributed by atoms with Crippen LogP contribution in [-0.4, -0.2) is 23.3 Å². The lowest BCUT2D eigenvalue weighted by Crippen LogP contribution is -2.24. The summed E-state index contributed by atoms with van der Waals surface area (Å²) in [5, 5.41) is 5.48. The zero-order valence-corrected chi connectivity index (χ0v) is 14.8.